The molecule has 0 spiro atoms. The van der Waals surface area contributed by atoms with Crippen LogP contribution < -0.4 is 0 Å². The SMILES string of the molecule is COC(=O)C1CSC(Cc2cccc(C(F)(F)F)c2)=N1. The second-order valence-electron chi connectivity index (χ2n) is 4.25. The van der Waals surface area contributed by atoms with Crippen molar-refractivity contribution in [1.29, 1.82) is 0 Å². The van der Waals surface area contributed by atoms with Gasteiger partial charge >= 0.3 is 12.1 Å². The second-order valence-corrected chi connectivity index (χ2v) is 5.34. The molecule has 1 aliphatic heterocycles. The molecule has 1 heterocycles. The predicted octanol–water partition coefficient (Wildman–Crippen LogP) is 2.93. The molecule has 0 radical (unpaired) electrons. The van der Waals surface area contributed by atoms with E-state index in [4.69, 9.17) is 0 Å². The van der Waals surface area contributed by atoms with Crippen LogP contribution in [0.3, 0.4) is 0 Å². The van der Waals surface area contributed by atoms with Gasteiger partial charge in [0.2, 0.25) is 0 Å². The van der Waals surface area contributed by atoms with E-state index in [0.29, 0.717) is 22.8 Å². The lowest BCUT2D eigenvalue weighted by atomic mass is 10.1. The third kappa shape index (κ3) is 3.53. The molecule has 0 aromatic heterocycles. The van der Waals surface area contributed by atoms with Gasteiger partial charge in [-0.25, -0.2) is 4.79 Å². The van der Waals surface area contributed by atoms with Gasteiger partial charge in [-0.3, -0.25) is 4.99 Å². The van der Waals surface area contributed by atoms with Gasteiger partial charge in [-0.1, -0.05) is 18.2 Å². The lowest BCUT2D eigenvalue weighted by Crippen LogP contribution is -2.19. The molecule has 2 rings (SSSR count). The Morgan fingerprint density at radius 2 is 2.25 bits per heavy atom. The Bertz CT molecular complexity index is 543. The first-order valence-electron chi connectivity index (χ1n) is 5.83. The van der Waals surface area contributed by atoms with Crippen LogP contribution in [0.5, 0.6) is 0 Å². The third-order valence-electron chi connectivity index (χ3n) is 2.79. The normalized spacial score (nSPS) is 18.8. The van der Waals surface area contributed by atoms with Crippen molar-refractivity contribution in [3.05, 3.63) is 35.4 Å². The maximum absolute atomic E-state index is 12.6. The quantitative estimate of drug-likeness (QED) is 0.806. The van der Waals surface area contributed by atoms with Gasteiger partial charge in [0.1, 0.15) is 0 Å². The molecule has 0 N–H and O–H groups in total. The Hall–Kier alpha value is -1.50. The highest BCUT2D eigenvalue weighted by Crippen LogP contribution is 2.30. The number of hydrogen-bond acceptors (Lipinski definition) is 4. The van der Waals surface area contributed by atoms with Crippen LogP contribution in [-0.2, 0) is 22.1 Å². The Morgan fingerprint density at radius 3 is 2.90 bits per heavy atom. The number of rotatable bonds is 3. The Kier molecular flexibility index (Phi) is 4.37. The fourth-order valence-corrected chi connectivity index (χ4v) is 2.84. The highest BCUT2D eigenvalue weighted by molar-refractivity contribution is 8.14. The number of methoxy groups -OCH3 is 1. The summed E-state index contributed by atoms with van der Waals surface area (Å²) < 4.78 is 42.4. The number of ether oxygens (including phenoxy) is 1. The molecule has 1 unspecified atom stereocenters. The van der Waals surface area contributed by atoms with Crippen LogP contribution in [0, 0.1) is 0 Å². The zero-order valence-electron chi connectivity index (χ0n) is 10.6. The van der Waals surface area contributed by atoms with E-state index in [1.54, 1.807) is 6.07 Å². The summed E-state index contributed by atoms with van der Waals surface area (Å²) in [4.78, 5) is 15.5. The molecule has 0 aliphatic carbocycles. The molecule has 0 fully saturated rings. The molecular formula is C13H12F3NO2S. The van der Waals surface area contributed by atoms with E-state index in [0.717, 1.165) is 12.1 Å². The first-order chi connectivity index (χ1) is 9.40. The first-order valence-corrected chi connectivity index (χ1v) is 6.82. The van der Waals surface area contributed by atoms with Crippen molar-refractivity contribution in [2.75, 3.05) is 12.9 Å². The van der Waals surface area contributed by atoms with Gasteiger partial charge in [0.05, 0.1) is 17.7 Å². The topological polar surface area (TPSA) is 38.7 Å². The van der Waals surface area contributed by atoms with Crippen molar-refractivity contribution in [2.24, 2.45) is 4.99 Å². The van der Waals surface area contributed by atoms with Crippen molar-refractivity contribution < 1.29 is 22.7 Å². The second kappa shape index (κ2) is 5.87. The summed E-state index contributed by atoms with van der Waals surface area (Å²) in [6, 6.07) is 4.57. The number of carbonyl (C=O) groups is 1. The maximum atomic E-state index is 12.6. The van der Waals surface area contributed by atoms with Crippen LogP contribution in [0.15, 0.2) is 29.3 Å². The van der Waals surface area contributed by atoms with E-state index < -0.39 is 23.8 Å². The van der Waals surface area contributed by atoms with E-state index in [2.05, 4.69) is 9.73 Å². The van der Waals surface area contributed by atoms with Crippen molar-refractivity contribution in [3.63, 3.8) is 0 Å². The fourth-order valence-electron chi connectivity index (χ4n) is 1.81. The summed E-state index contributed by atoms with van der Waals surface area (Å²) in [6.45, 7) is 0. The minimum Gasteiger partial charge on any atom is -0.467 e. The van der Waals surface area contributed by atoms with E-state index in [-0.39, 0.29) is 0 Å². The fraction of sp³-hybridized carbons (Fsp3) is 0.385. The van der Waals surface area contributed by atoms with Gasteiger partial charge in [0, 0.05) is 12.2 Å². The summed E-state index contributed by atoms with van der Waals surface area (Å²) in [5.74, 6) is 0.0533. The average Bonchev–Trinajstić information content (AvgIpc) is 2.85. The van der Waals surface area contributed by atoms with Gasteiger partial charge in [0.25, 0.3) is 0 Å². The molecule has 0 bridgehead atoms. The monoisotopic (exact) mass is 303 g/mol. The van der Waals surface area contributed by atoms with Crippen molar-refractivity contribution in [3.8, 4) is 0 Å². The van der Waals surface area contributed by atoms with Crippen molar-refractivity contribution in [1.82, 2.24) is 0 Å². The van der Waals surface area contributed by atoms with Gasteiger partial charge in [-0.05, 0) is 11.6 Å². The highest BCUT2D eigenvalue weighted by Gasteiger charge is 2.31. The zero-order chi connectivity index (χ0) is 14.8. The molecule has 1 aromatic rings. The summed E-state index contributed by atoms with van der Waals surface area (Å²) in [6.07, 6.45) is -4.06. The van der Waals surface area contributed by atoms with E-state index >= 15 is 0 Å². The average molecular weight is 303 g/mol. The smallest absolute Gasteiger partial charge is 0.416 e. The Labute approximate surface area is 118 Å². The number of benzene rings is 1. The molecular weight excluding hydrogens is 291 g/mol. The minimum atomic E-state index is -4.35. The summed E-state index contributed by atoms with van der Waals surface area (Å²) >= 11 is 1.37. The maximum Gasteiger partial charge on any atom is 0.416 e. The lowest BCUT2D eigenvalue weighted by molar-refractivity contribution is -0.141. The van der Waals surface area contributed by atoms with Crippen molar-refractivity contribution >= 4 is 22.8 Å². The van der Waals surface area contributed by atoms with Gasteiger partial charge in [-0.2, -0.15) is 13.2 Å². The Morgan fingerprint density at radius 1 is 1.50 bits per heavy atom. The van der Waals surface area contributed by atoms with Gasteiger partial charge in [-0.15, -0.1) is 11.8 Å². The van der Waals surface area contributed by atoms with E-state index in [9.17, 15) is 18.0 Å². The van der Waals surface area contributed by atoms with Crippen LogP contribution in [0.2, 0.25) is 0 Å². The molecule has 108 valence electrons. The molecule has 0 saturated carbocycles. The lowest BCUT2D eigenvalue weighted by Gasteiger charge is -2.08. The molecule has 0 saturated heterocycles. The molecule has 20 heavy (non-hydrogen) atoms. The van der Waals surface area contributed by atoms with Crippen LogP contribution in [0.25, 0.3) is 0 Å². The number of thioether (sulfide) groups is 1. The first kappa shape index (κ1) is 14.9. The molecule has 7 heteroatoms. The van der Waals surface area contributed by atoms with Crippen LogP contribution in [0.4, 0.5) is 13.2 Å². The van der Waals surface area contributed by atoms with Gasteiger partial charge in [0.15, 0.2) is 6.04 Å². The number of carbonyl (C=O) groups excluding carboxylic acids is 1. The number of nitrogens with zero attached hydrogens (tertiary/aromatic N) is 1. The van der Waals surface area contributed by atoms with E-state index in [1.807, 2.05) is 0 Å². The van der Waals surface area contributed by atoms with Crippen molar-refractivity contribution in [2.45, 2.75) is 18.6 Å². The number of hydrogen-bond donors (Lipinski definition) is 0. The van der Waals surface area contributed by atoms with Gasteiger partial charge < -0.3 is 4.74 Å². The zero-order valence-corrected chi connectivity index (χ0v) is 11.4. The van der Waals surface area contributed by atoms with E-state index in [1.165, 1.54) is 24.9 Å². The third-order valence-corrected chi connectivity index (χ3v) is 3.86. The molecule has 3 nitrogen and oxygen atoms in total. The number of alkyl halides is 3. The molecule has 1 atom stereocenters. The summed E-state index contributed by atoms with van der Waals surface area (Å²) in [5.41, 5.74) is -0.153. The predicted molar refractivity (Wildman–Crippen MR) is 70.8 cm³/mol. The van der Waals surface area contributed by atoms with Crippen LogP contribution in [0.1, 0.15) is 11.1 Å². The van der Waals surface area contributed by atoms with Crippen LogP contribution >= 0.6 is 11.8 Å². The summed E-state index contributed by atoms with van der Waals surface area (Å²) in [5, 5.41) is 0.653. The largest absolute Gasteiger partial charge is 0.467 e. The Balaban J connectivity index is 2.10. The minimum absolute atomic E-state index is 0.294. The summed E-state index contributed by atoms with van der Waals surface area (Å²) in [7, 11) is 1.29. The molecule has 1 aromatic carbocycles. The number of halogens is 3. The number of esters is 1. The molecule has 1 aliphatic rings. The highest BCUT2D eigenvalue weighted by atomic mass is 32.2. The van der Waals surface area contributed by atoms with Crippen LogP contribution in [-0.4, -0.2) is 29.9 Å². The number of aliphatic imine (C=N–C) groups is 1. The molecule has 0 amide bonds. The standard InChI is InChI=1S/C13H12F3NO2S/c1-19-12(18)10-7-20-11(17-10)6-8-3-2-4-9(5-8)13(14,15)16/h2-5,10H,6-7H2,1H3.